The average molecular weight is 365 g/mol. The Morgan fingerprint density at radius 2 is 1.50 bits per heavy atom. The second-order valence-electron chi connectivity index (χ2n) is 9.35. The Kier molecular flexibility index (Phi) is 6.50. The minimum absolute atomic E-state index is 0.0825. The maximum atomic E-state index is 11.8. The van der Waals surface area contributed by atoms with Gasteiger partial charge in [0, 0.05) is 58.4 Å². The lowest BCUT2D eigenvalue weighted by atomic mass is 9.76. The highest BCUT2D eigenvalue weighted by Gasteiger charge is 2.38. The lowest BCUT2D eigenvalue weighted by molar-refractivity contribution is 0.0460. The van der Waals surface area contributed by atoms with E-state index in [-0.39, 0.29) is 6.03 Å². The van der Waals surface area contributed by atoms with Crippen molar-refractivity contribution in [1.29, 1.82) is 0 Å². The van der Waals surface area contributed by atoms with Crippen molar-refractivity contribution in [3.05, 3.63) is 0 Å². The Morgan fingerprint density at radius 1 is 0.923 bits per heavy atom. The van der Waals surface area contributed by atoms with Gasteiger partial charge in [0.05, 0.1) is 0 Å². The van der Waals surface area contributed by atoms with Crippen LogP contribution in [-0.4, -0.2) is 79.1 Å². The summed E-state index contributed by atoms with van der Waals surface area (Å²) in [6.07, 6.45) is 7.79. The zero-order chi connectivity index (χ0) is 18.7. The number of piperidine rings is 1. The first-order valence-electron chi connectivity index (χ1n) is 10.9. The second-order valence-corrected chi connectivity index (χ2v) is 9.35. The predicted octanol–water partition coefficient (Wildman–Crippen LogP) is 3.01. The molecular weight excluding hydrogens is 324 g/mol. The van der Waals surface area contributed by atoms with E-state index in [0.717, 1.165) is 37.9 Å². The third-order valence-corrected chi connectivity index (χ3v) is 7.77. The Morgan fingerprint density at radius 3 is 2.04 bits per heavy atom. The first-order chi connectivity index (χ1) is 12.4. The Labute approximate surface area is 160 Å². The van der Waals surface area contributed by atoms with Crippen LogP contribution in [-0.2, 0) is 0 Å². The summed E-state index contributed by atoms with van der Waals surface area (Å²) in [6, 6.07) is 1.58. The van der Waals surface area contributed by atoms with E-state index >= 15 is 0 Å². The smallest absolute Gasteiger partial charge is 0.317 e. The molecule has 0 aromatic carbocycles. The number of rotatable bonds is 4. The fourth-order valence-corrected chi connectivity index (χ4v) is 5.35. The lowest BCUT2D eigenvalue weighted by Crippen LogP contribution is -2.55. The molecule has 0 aromatic heterocycles. The number of likely N-dealkylation sites (tertiary alicyclic amines) is 1. The molecule has 26 heavy (non-hydrogen) atoms. The van der Waals surface area contributed by atoms with Crippen LogP contribution in [0.1, 0.15) is 59.3 Å². The zero-order valence-electron chi connectivity index (χ0n) is 17.5. The van der Waals surface area contributed by atoms with Gasteiger partial charge in [0.25, 0.3) is 0 Å². The molecule has 2 amide bonds. The first-order valence-corrected chi connectivity index (χ1v) is 10.9. The number of amides is 2. The number of hydrogen-bond donors (Lipinski definition) is 1. The average Bonchev–Trinajstić information content (AvgIpc) is 3.19. The minimum Gasteiger partial charge on any atom is -0.341 e. The highest BCUT2D eigenvalue weighted by atomic mass is 16.2. The van der Waals surface area contributed by atoms with Gasteiger partial charge in [-0.25, -0.2) is 4.79 Å². The van der Waals surface area contributed by atoms with E-state index in [2.05, 4.69) is 35.9 Å². The zero-order valence-corrected chi connectivity index (χ0v) is 17.5. The van der Waals surface area contributed by atoms with Crippen LogP contribution in [0.4, 0.5) is 4.79 Å². The van der Waals surface area contributed by atoms with Gasteiger partial charge < -0.3 is 10.2 Å². The normalized spacial score (nSPS) is 29.9. The van der Waals surface area contributed by atoms with Crippen molar-refractivity contribution in [1.82, 2.24) is 20.0 Å². The molecule has 2 heterocycles. The van der Waals surface area contributed by atoms with Crippen molar-refractivity contribution < 1.29 is 4.79 Å². The minimum atomic E-state index is 0.0825. The molecule has 3 rings (SSSR count). The number of nitrogens with one attached hydrogen (secondary N) is 1. The summed E-state index contributed by atoms with van der Waals surface area (Å²) < 4.78 is 0. The maximum absolute atomic E-state index is 11.8. The molecule has 0 bridgehead atoms. The summed E-state index contributed by atoms with van der Waals surface area (Å²) >= 11 is 0. The molecule has 0 radical (unpaired) electrons. The van der Waals surface area contributed by atoms with E-state index in [0.29, 0.717) is 11.5 Å². The fraction of sp³-hybridized carbons (Fsp3) is 0.952. The van der Waals surface area contributed by atoms with E-state index in [1.54, 1.807) is 7.05 Å². The van der Waals surface area contributed by atoms with Crippen LogP contribution < -0.4 is 5.32 Å². The predicted molar refractivity (Wildman–Crippen MR) is 107 cm³/mol. The van der Waals surface area contributed by atoms with E-state index in [1.807, 2.05) is 4.90 Å². The van der Waals surface area contributed by atoms with Crippen molar-refractivity contribution in [3.63, 3.8) is 0 Å². The Hall–Kier alpha value is -0.810. The number of piperazine rings is 1. The molecule has 3 fully saturated rings. The van der Waals surface area contributed by atoms with Crippen LogP contribution in [0.15, 0.2) is 0 Å². The molecule has 0 aromatic rings. The van der Waals surface area contributed by atoms with Gasteiger partial charge in [-0.05, 0) is 43.4 Å². The van der Waals surface area contributed by atoms with Crippen molar-refractivity contribution >= 4 is 6.03 Å². The van der Waals surface area contributed by atoms with Crippen LogP contribution >= 0.6 is 0 Å². The maximum Gasteiger partial charge on any atom is 0.317 e. The van der Waals surface area contributed by atoms with Crippen LogP contribution in [0.25, 0.3) is 0 Å². The molecule has 2 atom stereocenters. The van der Waals surface area contributed by atoms with Crippen LogP contribution in [0, 0.1) is 11.3 Å². The van der Waals surface area contributed by atoms with Crippen molar-refractivity contribution in [2.75, 3.05) is 46.3 Å². The quantitative estimate of drug-likeness (QED) is 0.833. The van der Waals surface area contributed by atoms with Crippen molar-refractivity contribution in [3.8, 4) is 0 Å². The van der Waals surface area contributed by atoms with Crippen LogP contribution in [0.3, 0.4) is 0 Å². The summed E-state index contributed by atoms with van der Waals surface area (Å²) in [5.41, 5.74) is 0.509. The first kappa shape index (κ1) is 19.9. The van der Waals surface area contributed by atoms with Crippen LogP contribution in [0.2, 0.25) is 0 Å². The Bertz CT molecular complexity index is 465. The summed E-state index contributed by atoms with van der Waals surface area (Å²) in [5.74, 6) is 0.907. The van der Waals surface area contributed by atoms with Gasteiger partial charge in [-0.15, -0.1) is 0 Å². The fourth-order valence-electron chi connectivity index (χ4n) is 5.35. The lowest BCUT2D eigenvalue weighted by Gasteiger charge is -2.44. The van der Waals surface area contributed by atoms with Gasteiger partial charge >= 0.3 is 6.03 Å². The molecule has 2 saturated heterocycles. The SMILES string of the molecule is CCC(C)(C)C1CCC(N2CCN(C3CCN(C(=O)NC)CC3)CC2)C1. The molecule has 2 aliphatic heterocycles. The highest BCUT2D eigenvalue weighted by Crippen LogP contribution is 2.43. The molecule has 2 unspecified atom stereocenters. The largest absolute Gasteiger partial charge is 0.341 e. The topological polar surface area (TPSA) is 38.8 Å². The number of hydrogen-bond acceptors (Lipinski definition) is 3. The van der Waals surface area contributed by atoms with Gasteiger partial charge in [-0.2, -0.15) is 0 Å². The van der Waals surface area contributed by atoms with Crippen molar-refractivity contribution in [2.24, 2.45) is 11.3 Å². The van der Waals surface area contributed by atoms with Gasteiger partial charge in [0.2, 0.25) is 0 Å². The van der Waals surface area contributed by atoms with Gasteiger partial charge in [-0.3, -0.25) is 9.80 Å². The van der Waals surface area contributed by atoms with E-state index in [9.17, 15) is 4.79 Å². The highest BCUT2D eigenvalue weighted by molar-refractivity contribution is 5.73. The van der Waals surface area contributed by atoms with Crippen molar-refractivity contribution in [2.45, 2.75) is 71.4 Å². The molecule has 5 nitrogen and oxygen atoms in total. The van der Waals surface area contributed by atoms with E-state index in [4.69, 9.17) is 0 Å². The molecule has 3 aliphatic rings. The standard InChI is InChI=1S/C21H40N4O/c1-5-21(2,3)17-6-7-19(16-17)24-14-12-23(13-15-24)18-8-10-25(11-9-18)20(26)22-4/h17-19H,5-16H2,1-4H3,(H,22,26). The Balaban J connectivity index is 1.42. The second kappa shape index (κ2) is 8.47. The number of nitrogens with zero attached hydrogens (tertiary/aromatic N) is 3. The van der Waals surface area contributed by atoms with Gasteiger partial charge in [0.15, 0.2) is 0 Å². The summed E-state index contributed by atoms with van der Waals surface area (Å²) in [7, 11) is 1.73. The van der Waals surface area contributed by atoms with Gasteiger partial charge in [0.1, 0.15) is 0 Å². The summed E-state index contributed by atoms with van der Waals surface area (Å²) in [4.78, 5) is 19.2. The number of carbonyl (C=O) groups is 1. The van der Waals surface area contributed by atoms with E-state index < -0.39 is 0 Å². The molecule has 1 aliphatic carbocycles. The van der Waals surface area contributed by atoms with Crippen LogP contribution in [0.5, 0.6) is 0 Å². The molecule has 5 heteroatoms. The summed E-state index contributed by atoms with van der Waals surface area (Å²) in [5, 5.41) is 2.75. The number of urea groups is 1. The summed E-state index contributed by atoms with van der Waals surface area (Å²) in [6.45, 7) is 14.0. The molecule has 0 spiro atoms. The van der Waals surface area contributed by atoms with E-state index in [1.165, 1.54) is 51.9 Å². The monoisotopic (exact) mass is 364 g/mol. The molecular formula is C21H40N4O. The van der Waals surface area contributed by atoms with Gasteiger partial charge in [-0.1, -0.05) is 27.2 Å². The third kappa shape index (κ3) is 4.36. The molecule has 150 valence electrons. The molecule has 1 saturated carbocycles. The molecule has 1 N–H and O–H groups in total. The third-order valence-electron chi connectivity index (χ3n) is 7.77. The number of carbonyl (C=O) groups excluding carboxylic acids is 1.